The van der Waals surface area contributed by atoms with Gasteiger partial charge < -0.3 is 0 Å². The lowest BCUT2D eigenvalue weighted by molar-refractivity contribution is -0.115. The Labute approximate surface area is 92.0 Å². The van der Waals surface area contributed by atoms with Crippen molar-refractivity contribution < 1.29 is 4.79 Å². The van der Waals surface area contributed by atoms with Crippen LogP contribution in [0, 0.1) is 11.3 Å². The van der Waals surface area contributed by atoms with E-state index in [1.807, 2.05) is 12.1 Å². The number of allylic oxidation sites excluding steroid dienone is 2. The molecular formula is C13H19NO. The van der Waals surface area contributed by atoms with Gasteiger partial charge in [-0.15, -0.1) is 0 Å². The molecule has 0 aromatic heterocycles. The normalized spacial score (nSPS) is 24.2. The van der Waals surface area contributed by atoms with E-state index in [4.69, 9.17) is 5.26 Å². The van der Waals surface area contributed by atoms with Gasteiger partial charge in [-0.3, -0.25) is 4.79 Å². The maximum Gasteiger partial charge on any atom is 0.173 e. The molecule has 2 heteroatoms. The minimum atomic E-state index is 0.0399. The standard InChI is InChI=1S/C13H19NO/c14-11-12-9-7-5-3-1-2-4-6-8-10-13(12)15/h9H,1-8,10H2/b12-9-. The van der Waals surface area contributed by atoms with Crippen LogP contribution in [-0.4, -0.2) is 5.78 Å². The molecule has 0 spiro atoms. The summed E-state index contributed by atoms with van der Waals surface area (Å²) in [5, 5.41) is 8.83. The fourth-order valence-electron chi connectivity index (χ4n) is 1.92. The Morgan fingerprint density at radius 2 is 1.60 bits per heavy atom. The van der Waals surface area contributed by atoms with E-state index >= 15 is 0 Å². The molecule has 0 bridgehead atoms. The number of ketones is 1. The van der Waals surface area contributed by atoms with Crippen LogP contribution in [0.25, 0.3) is 0 Å². The lowest BCUT2D eigenvalue weighted by atomic mass is 10.0. The summed E-state index contributed by atoms with van der Waals surface area (Å²) in [6.07, 6.45) is 11.5. The van der Waals surface area contributed by atoms with Crippen LogP contribution in [-0.2, 0) is 4.79 Å². The highest BCUT2D eigenvalue weighted by atomic mass is 16.1. The Bertz CT molecular complexity index is 273. The largest absolute Gasteiger partial charge is 0.293 e. The van der Waals surface area contributed by atoms with E-state index in [0.717, 1.165) is 25.7 Å². The summed E-state index contributed by atoms with van der Waals surface area (Å²) in [5.74, 6) is 0.0399. The molecule has 0 aliphatic heterocycles. The molecular weight excluding hydrogens is 186 g/mol. The molecule has 0 heterocycles. The minimum absolute atomic E-state index is 0.0399. The monoisotopic (exact) mass is 205 g/mol. The molecule has 0 aromatic carbocycles. The molecule has 0 amide bonds. The van der Waals surface area contributed by atoms with Gasteiger partial charge >= 0.3 is 0 Å². The van der Waals surface area contributed by atoms with E-state index in [0.29, 0.717) is 12.0 Å². The Hall–Kier alpha value is -1.10. The average molecular weight is 205 g/mol. The summed E-state index contributed by atoms with van der Waals surface area (Å²) in [7, 11) is 0. The predicted octanol–water partition coefficient (Wildman–Crippen LogP) is 3.53. The van der Waals surface area contributed by atoms with E-state index < -0.39 is 0 Å². The molecule has 0 N–H and O–H groups in total. The number of hydrogen-bond acceptors (Lipinski definition) is 2. The Kier molecular flexibility index (Phi) is 5.77. The minimum Gasteiger partial charge on any atom is -0.293 e. The highest BCUT2D eigenvalue weighted by Crippen LogP contribution is 2.14. The van der Waals surface area contributed by atoms with Crippen molar-refractivity contribution >= 4 is 5.78 Å². The fourth-order valence-corrected chi connectivity index (χ4v) is 1.92. The molecule has 15 heavy (non-hydrogen) atoms. The van der Waals surface area contributed by atoms with E-state index in [9.17, 15) is 4.79 Å². The molecule has 2 nitrogen and oxygen atoms in total. The number of carbonyl (C=O) groups is 1. The van der Waals surface area contributed by atoms with Gasteiger partial charge in [0.25, 0.3) is 0 Å². The maximum absolute atomic E-state index is 11.6. The predicted molar refractivity (Wildman–Crippen MR) is 60.3 cm³/mol. The number of hydrogen-bond donors (Lipinski definition) is 0. The maximum atomic E-state index is 11.6. The van der Waals surface area contributed by atoms with Crippen LogP contribution in [0.2, 0.25) is 0 Å². The molecule has 0 fully saturated rings. The Balaban J connectivity index is 2.52. The summed E-state index contributed by atoms with van der Waals surface area (Å²) in [4.78, 5) is 11.6. The molecule has 82 valence electrons. The van der Waals surface area contributed by atoms with Crippen LogP contribution in [0.4, 0.5) is 0 Å². The van der Waals surface area contributed by atoms with Gasteiger partial charge in [-0.25, -0.2) is 0 Å². The zero-order valence-electron chi connectivity index (χ0n) is 9.30. The van der Waals surface area contributed by atoms with Crippen molar-refractivity contribution in [3.05, 3.63) is 11.6 Å². The SMILES string of the molecule is N#C/C1=C/CCCCCCCCCC1=O. The number of Topliss-reactive ketones (excluding diaryl/α,β-unsaturated/α-hetero) is 1. The third kappa shape index (κ3) is 4.78. The van der Waals surface area contributed by atoms with Crippen molar-refractivity contribution in [3.8, 4) is 6.07 Å². The zero-order chi connectivity index (χ0) is 10.9. The van der Waals surface area contributed by atoms with Crippen LogP contribution in [0.15, 0.2) is 11.6 Å². The van der Waals surface area contributed by atoms with Crippen LogP contribution < -0.4 is 0 Å². The fraction of sp³-hybridized carbons (Fsp3) is 0.692. The first-order valence-corrected chi connectivity index (χ1v) is 5.98. The lowest BCUT2D eigenvalue weighted by Crippen LogP contribution is -2.01. The molecule has 0 radical (unpaired) electrons. The number of carbonyl (C=O) groups excluding carboxylic acids is 1. The smallest absolute Gasteiger partial charge is 0.173 e. The van der Waals surface area contributed by atoms with Gasteiger partial charge in [0.05, 0.1) is 5.57 Å². The molecule has 0 saturated heterocycles. The second kappa shape index (κ2) is 7.23. The highest BCUT2D eigenvalue weighted by molar-refractivity contribution is 5.98. The highest BCUT2D eigenvalue weighted by Gasteiger charge is 2.08. The quantitative estimate of drug-likeness (QED) is 0.607. The van der Waals surface area contributed by atoms with E-state index in [1.165, 1.54) is 25.7 Å². The Morgan fingerprint density at radius 1 is 1.00 bits per heavy atom. The van der Waals surface area contributed by atoms with Crippen molar-refractivity contribution in [1.29, 1.82) is 5.26 Å². The number of nitriles is 1. The second-order valence-corrected chi connectivity index (χ2v) is 4.17. The second-order valence-electron chi connectivity index (χ2n) is 4.17. The van der Waals surface area contributed by atoms with Crippen molar-refractivity contribution in [2.24, 2.45) is 0 Å². The molecule has 0 aromatic rings. The average Bonchev–Trinajstić information content (AvgIpc) is 2.23. The lowest BCUT2D eigenvalue weighted by Gasteiger charge is -2.04. The third-order valence-corrected chi connectivity index (χ3v) is 2.88. The molecule has 0 unspecified atom stereocenters. The van der Waals surface area contributed by atoms with Gasteiger partial charge in [0, 0.05) is 6.42 Å². The van der Waals surface area contributed by atoms with Gasteiger partial charge in [0.2, 0.25) is 0 Å². The van der Waals surface area contributed by atoms with Crippen molar-refractivity contribution in [1.82, 2.24) is 0 Å². The van der Waals surface area contributed by atoms with Crippen LogP contribution >= 0.6 is 0 Å². The summed E-state index contributed by atoms with van der Waals surface area (Å²) >= 11 is 0. The van der Waals surface area contributed by atoms with Crippen molar-refractivity contribution in [3.63, 3.8) is 0 Å². The number of nitrogens with zero attached hydrogens (tertiary/aromatic N) is 1. The molecule has 1 rings (SSSR count). The van der Waals surface area contributed by atoms with E-state index in [1.54, 1.807) is 0 Å². The van der Waals surface area contributed by atoms with Gasteiger partial charge in [-0.2, -0.15) is 5.26 Å². The van der Waals surface area contributed by atoms with Gasteiger partial charge in [0.15, 0.2) is 5.78 Å². The molecule has 0 saturated carbocycles. The number of rotatable bonds is 0. The summed E-state index contributed by atoms with van der Waals surface area (Å²) in [5.41, 5.74) is 0.385. The summed E-state index contributed by atoms with van der Waals surface area (Å²) in [6.45, 7) is 0. The first kappa shape index (κ1) is 12.0. The first-order chi connectivity index (χ1) is 7.34. The topological polar surface area (TPSA) is 40.9 Å². The van der Waals surface area contributed by atoms with Crippen molar-refractivity contribution in [2.45, 2.75) is 57.8 Å². The van der Waals surface area contributed by atoms with Crippen molar-refractivity contribution in [2.75, 3.05) is 0 Å². The van der Waals surface area contributed by atoms with Gasteiger partial charge in [-0.1, -0.05) is 38.2 Å². The van der Waals surface area contributed by atoms with Crippen LogP contribution in [0.1, 0.15) is 57.8 Å². The van der Waals surface area contributed by atoms with Crippen LogP contribution in [0.3, 0.4) is 0 Å². The zero-order valence-corrected chi connectivity index (χ0v) is 9.30. The summed E-state index contributed by atoms with van der Waals surface area (Å²) in [6, 6.07) is 2.02. The Morgan fingerprint density at radius 3 is 2.27 bits per heavy atom. The third-order valence-electron chi connectivity index (χ3n) is 2.88. The van der Waals surface area contributed by atoms with Gasteiger partial charge in [0.1, 0.15) is 6.07 Å². The summed E-state index contributed by atoms with van der Waals surface area (Å²) < 4.78 is 0. The molecule has 1 aliphatic carbocycles. The molecule has 0 atom stereocenters. The van der Waals surface area contributed by atoms with Crippen LogP contribution in [0.5, 0.6) is 0 Å². The molecule has 1 aliphatic rings. The first-order valence-electron chi connectivity index (χ1n) is 5.98. The van der Waals surface area contributed by atoms with Gasteiger partial charge in [-0.05, 0) is 19.3 Å². The van der Waals surface area contributed by atoms with E-state index in [-0.39, 0.29) is 5.78 Å². The van der Waals surface area contributed by atoms with E-state index in [2.05, 4.69) is 0 Å².